The first kappa shape index (κ1) is 18.1. The first-order valence-corrected chi connectivity index (χ1v) is 9.67. The summed E-state index contributed by atoms with van der Waals surface area (Å²) < 4.78 is 38.1. The molecule has 0 bridgehead atoms. The Kier molecular flexibility index (Phi) is 5.03. The van der Waals surface area contributed by atoms with Gasteiger partial charge < -0.3 is 5.32 Å². The Morgan fingerprint density at radius 2 is 1.81 bits per heavy atom. The predicted octanol–water partition coefficient (Wildman–Crippen LogP) is 1.86. The molecule has 3 rings (SSSR count). The second kappa shape index (κ2) is 7.25. The molecule has 0 aliphatic carbocycles. The molecule has 1 saturated heterocycles. The van der Waals surface area contributed by atoms with Gasteiger partial charge in [0.25, 0.3) is 5.91 Å². The van der Waals surface area contributed by atoms with E-state index in [1.54, 1.807) is 18.2 Å². The fourth-order valence-corrected chi connectivity index (χ4v) is 4.19. The summed E-state index contributed by atoms with van der Waals surface area (Å²) in [5.74, 6) is -1.36. The van der Waals surface area contributed by atoms with Gasteiger partial charge in [0, 0.05) is 18.5 Å². The fourth-order valence-electron chi connectivity index (χ4n) is 2.73. The van der Waals surface area contributed by atoms with Crippen molar-refractivity contribution in [1.29, 1.82) is 0 Å². The van der Waals surface area contributed by atoms with Crippen molar-refractivity contribution in [2.45, 2.75) is 12.8 Å². The maximum absolute atomic E-state index is 13.5. The summed E-state index contributed by atoms with van der Waals surface area (Å²) in [6, 6.07) is 12.1. The number of benzene rings is 2. The van der Waals surface area contributed by atoms with Crippen LogP contribution in [0.3, 0.4) is 0 Å². The fraction of sp³-hybridized carbons (Fsp3) is 0.222. The van der Waals surface area contributed by atoms with Gasteiger partial charge in [-0.05, 0) is 42.3 Å². The van der Waals surface area contributed by atoms with E-state index in [1.807, 2.05) is 0 Å². The number of hydrogen-bond donors (Lipinski definition) is 1. The van der Waals surface area contributed by atoms with E-state index >= 15 is 0 Å². The molecule has 1 heterocycles. The number of nitrogens with one attached hydrogen (secondary N) is 1. The number of nitrogens with zero attached hydrogens (tertiary/aromatic N) is 1. The lowest BCUT2D eigenvalue weighted by Crippen LogP contribution is -2.29. The van der Waals surface area contributed by atoms with Gasteiger partial charge >= 0.3 is 0 Å². The van der Waals surface area contributed by atoms with Gasteiger partial charge in [0.2, 0.25) is 15.9 Å². The van der Waals surface area contributed by atoms with Gasteiger partial charge in [-0.25, -0.2) is 17.1 Å². The zero-order chi connectivity index (χ0) is 18.7. The number of carbonyl (C=O) groups is 2. The Balaban J connectivity index is 1.62. The lowest BCUT2D eigenvalue weighted by atomic mass is 10.1. The summed E-state index contributed by atoms with van der Waals surface area (Å²) in [5, 5.41) is 2.68. The van der Waals surface area contributed by atoms with Crippen molar-refractivity contribution in [3.05, 3.63) is 65.5 Å². The molecule has 0 aromatic heterocycles. The number of rotatable bonds is 5. The quantitative estimate of drug-likeness (QED) is 0.863. The van der Waals surface area contributed by atoms with E-state index in [0.717, 1.165) is 4.31 Å². The molecular formula is C18H17FN2O4S. The van der Waals surface area contributed by atoms with E-state index in [2.05, 4.69) is 5.32 Å². The molecular weight excluding hydrogens is 359 g/mol. The molecule has 0 saturated carbocycles. The topological polar surface area (TPSA) is 83.6 Å². The van der Waals surface area contributed by atoms with Crippen molar-refractivity contribution in [2.75, 3.05) is 16.6 Å². The predicted molar refractivity (Wildman–Crippen MR) is 94.8 cm³/mol. The summed E-state index contributed by atoms with van der Waals surface area (Å²) in [5.41, 5.74) is 1.06. The maximum Gasteiger partial charge on any atom is 0.251 e. The summed E-state index contributed by atoms with van der Waals surface area (Å²) in [7, 11) is -3.62. The molecule has 0 atom stereocenters. The first-order chi connectivity index (χ1) is 12.4. The number of halogens is 1. The highest BCUT2D eigenvalue weighted by molar-refractivity contribution is 7.94. The highest BCUT2D eigenvalue weighted by atomic mass is 32.2. The molecule has 0 radical (unpaired) electrons. The maximum atomic E-state index is 13.5. The summed E-state index contributed by atoms with van der Waals surface area (Å²) >= 11 is 0. The van der Waals surface area contributed by atoms with Crippen LogP contribution in [0.25, 0.3) is 0 Å². The van der Waals surface area contributed by atoms with Gasteiger partial charge in [0.05, 0.1) is 11.4 Å². The summed E-state index contributed by atoms with van der Waals surface area (Å²) in [4.78, 5) is 23.9. The Morgan fingerprint density at radius 1 is 1.12 bits per heavy atom. The molecule has 136 valence electrons. The van der Waals surface area contributed by atoms with Crippen molar-refractivity contribution in [3.8, 4) is 0 Å². The van der Waals surface area contributed by atoms with Gasteiger partial charge in [0.1, 0.15) is 5.82 Å². The van der Waals surface area contributed by atoms with Crippen LogP contribution in [-0.4, -0.2) is 32.5 Å². The Morgan fingerprint density at radius 3 is 2.42 bits per heavy atom. The number of sulfonamides is 1. The second-order valence-corrected chi connectivity index (χ2v) is 7.81. The lowest BCUT2D eigenvalue weighted by Gasteiger charge is -2.15. The van der Waals surface area contributed by atoms with Crippen LogP contribution < -0.4 is 9.62 Å². The van der Waals surface area contributed by atoms with Crippen LogP contribution in [0.5, 0.6) is 0 Å². The normalized spacial score (nSPS) is 15.9. The Bertz CT molecular complexity index is 942. The van der Waals surface area contributed by atoms with Crippen LogP contribution >= 0.6 is 0 Å². The smallest absolute Gasteiger partial charge is 0.251 e. The average Bonchev–Trinajstić information content (AvgIpc) is 2.89. The average molecular weight is 376 g/mol. The SMILES string of the molecule is O=C(NCCc1ccccc1F)c1ccc(N2C(=O)CCS2(=O)=O)cc1. The molecule has 2 amide bonds. The molecule has 0 unspecified atom stereocenters. The van der Waals surface area contributed by atoms with Gasteiger partial charge in [-0.2, -0.15) is 0 Å². The van der Waals surface area contributed by atoms with Crippen LogP contribution in [-0.2, 0) is 21.2 Å². The molecule has 2 aromatic rings. The van der Waals surface area contributed by atoms with Crippen molar-refractivity contribution in [1.82, 2.24) is 5.32 Å². The zero-order valence-corrected chi connectivity index (χ0v) is 14.6. The number of hydrogen-bond acceptors (Lipinski definition) is 4. The van der Waals surface area contributed by atoms with Gasteiger partial charge in [0.15, 0.2) is 0 Å². The van der Waals surface area contributed by atoms with Crippen LogP contribution in [0.1, 0.15) is 22.3 Å². The molecule has 1 aliphatic rings. The molecule has 1 N–H and O–H groups in total. The largest absolute Gasteiger partial charge is 0.352 e. The molecule has 2 aromatic carbocycles. The zero-order valence-electron chi connectivity index (χ0n) is 13.8. The third kappa shape index (κ3) is 3.75. The van der Waals surface area contributed by atoms with Gasteiger partial charge in [-0.3, -0.25) is 9.59 Å². The lowest BCUT2D eigenvalue weighted by molar-refractivity contribution is -0.116. The van der Waals surface area contributed by atoms with Crippen LogP contribution in [0.4, 0.5) is 10.1 Å². The second-order valence-electron chi connectivity index (χ2n) is 5.87. The molecule has 6 nitrogen and oxygen atoms in total. The molecule has 26 heavy (non-hydrogen) atoms. The highest BCUT2D eigenvalue weighted by Gasteiger charge is 2.36. The minimum Gasteiger partial charge on any atom is -0.352 e. The highest BCUT2D eigenvalue weighted by Crippen LogP contribution is 2.25. The van der Waals surface area contributed by atoms with E-state index < -0.39 is 15.9 Å². The van der Waals surface area contributed by atoms with Gasteiger partial charge in [-0.1, -0.05) is 18.2 Å². The summed E-state index contributed by atoms with van der Waals surface area (Å²) in [6.07, 6.45) is 0.317. The van der Waals surface area contributed by atoms with Crippen molar-refractivity contribution in [3.63, 3.8) is 0 Å². The van der Waals surface area contributed by atoms with E-state index in [4.69, 9.17) is 0 Å². The molecule has 1 fully saturated rings. The Hall–Kier alpha value is -2.74. The third-order valence-corrected chi connectivity index (χ3v) is 5.77. The number of carbonyl (C=O) groups excluding carboxylic acids is 2. The monoisotopic (exact) mass is 376 g/mol. The standard InChI is InChI=1S/C18H17FN2O4S/c19-16-4-2-1-3-13(16)9-11-20-18(23)14-5-7-15(8-6-14)21-17(22)10-12-26(21,24)25/h1-8H,9-12H2,(H,20,23). The minimum absolute atomic E-state index is 0.0411. The van der Waals surface area contributed by atoms with E-state index in [9.17, 15) is 22.4 Å². The van der Waals surface area contributed by atoms with E-state index in [-0.39, 0.29) is 36.1 Å². The van der Waals surface area contributed by atoms with Crippen molar-refractivity contribution < 1.29 is 22.4 Å². The summed E-state index contributed by atoms with van der Waals surface area (Å²) in [6.45, 7) is 0.264. The first-order valence-electron chi connectivity index (χ1n) is 8.06. The van der Waals surface area contributed by atoms with Crippen molar-refractivity contribution >= 4 is 27.5 Å². The third-order valence-electron chi connectivity index (χ3n) is 4.08. The Labute approximate surface area is 150 Å². The minimum atomic E-state index is -3.62. The van der Waals surface area contributed by atoms with Crippen molar-refractivity contribution in [2.24, 2.45) is 0 Å². The molecule has 0 spiro atoms. The van der Waals surface area contributed by atoms with Crippen LogP contribution in [0, 0.1) is 5.82 Å². The number of amides is 2. The number of anilines is 1. The van der Waals surface area contributed by atoms with E-state index in [0.29, 0.717) is 17.5 Å². The van der Waals surface area contributed by atoms with Crippen LogP contribution in [0.2, 0.25) is 0 Å². The van der Waals surface area contributed by atoms with Crippen LogP contribution in [0.15, 0.2) is 48.5 Å². The molecule has 1 aliphatic heterocycles. The molecule has 8 heteroatoms. The van der Waals surface area contributed by atoms with E-state index in [1.165, 1.54) is 30.3 Å². The van der Waals surface area contributed by atoms with Gasteiger partial charge in [-0.15, -0.1) is 0 Å².